The van der Waals surface area contributed by atoms with Gasteiger partial charge in [0.2, 0.25) is 0 Å². The van der Waals surface area contributed by atoms with Crippen molar-refractivity contribution < 1.29 is 9.15 Å². The lowest BCUT2D eigenvalue weighted by Gasteiger charge is -2.01. The molecule has 0 unspecified atom stereocenters. The Kier molecular flexibility index (Phi) is 3.43. The van der Waals surface area contributed by atoms with E-state index in [2.05, 4.69) is 5.10 Å². The molecule has 0 radical (unpaired) electrons. The number of rotatable bonds is 4. The van der Waals surface area contributed by atoms with Crippen LogP contribution in [0.15, 0.2) is 33.5 Å². The number of methoxy groups -OCH3 is 1. The van der Waals surface area contributed by atoms with Crippen molar-refractivity contribution in [2.45, 2.75) is 13.0 Å². The minimum Gasteiger partial charge on any atom is -0.497 e. The largest absolute Gasteiger partial charge is 0.497 e. The summed E-state index contributed by atoms with van der Waals surface area (Å²) >= 11 is 0. The molecule has 112 valence electrons. The minimum atomic E-state index is -0.562. The molecule has 2 aromatic heterocycles. The van der Waals surface area contributed by atoms with Gasteiger partial charge in [-0.3, -0.25) is 0 Å². The van der Waals surface area contributed by atoms with E-state index in [1.165, 1.54) is 0 Å². The van der Waals surface area contributed by atoms with E-state index in [-0.39, 0.29) is 18.9 Å². The van der Waals surface area contributed by atoms with Crippen molar-refractivity contribution in [1.82, 2.24) is 14.3 Å². The quantitative estimate of drug-likeness (QED) is 0.734. The summed E-state index contributed by atoms with van der Waals surface area (Å²) in [5.74, 6) is 0.430. The van der Waals surface area contributed by atoms with E-state index in [4.69, 9.17) is 14.4 Å². The average Bonchev–Trinajstić information content (AvgIpc) is 3.05. The van der Waals surface area contributed by atoms with E-state index in [0.717, 1.165) is 21.3 Å². The molecule has 0 N–H and O–H groups in total. The number of fused-ring (bicyclic) bond motifs is 1. The number of aromatic nitrogens is 3. The van der Waals surface area contributed by atoms with Gasteiger partial charge >= 0.3 is 5.76 Å². The van der Waals surface area contributed by atoms with Gasteiger partial charge in [0, 0.05) is 18.0 Å². The van der Waals surface area contributed by atoms with Crippen LogP contribution in [-0.2, 0) is 13.6 Å². The van der Waals surface area contributed by atoms with Crippen molar-refractivity contribution in [3.8, 4) is 23.4 Å². The Labute approximate surface area is 125 Å². The summed E-state index contributed by atoms with van der Waals surface area (Å²) in [6.07, 6.45) is 0.207. The molecule has 2 heterocycles. The minimum absolute atomic E-state index is 0.207. The molecule has 0 atom stereocenters. The molecule has 0 spiro atoms. The molecule has 0 amide bonds. The predicted octanol–water partition coefficient (Wildman–Crippen LogP) is 1.92. The molecule has 7 nitrogen and oxygen atoms in total. The average molecular weight is 298 g/mol. The number of nitrogens with zero attached hydrogens (tertiary/aromatic N) is 4. The summed E-state index contributed by atoms with van der Waals surface area (Å²) in [5, 5.41) is 13.7. The number of benzene rings is 1. The molecular weight excluding hydrogens is 284 g/mol. The van der Waals surface area contributed by atoms with Gasteiger partial charge in [0.05, 0.1) is 26.1 Å². The third-order valence-corrected chi connectivity index (χ3v) is 3.51. The van der Waals surface area contributed by atoms with Crippen LogP contribution in [-0.4, -0.2) is 21.5 Å². The van der Waals surface area contributed by atoms with Crippen LogP contribution < -0.4 is 10.5 Å². The standard InChI is InChI=1S/C15H14N4O3/c1-18-12-5-4-11(21-2)8-10(12)9-13(18)14-17-19(7-3-6-16)15(20)22-14/h4-5,8-9H,3,7H2,1-2H3. The fraction of sp³-hybridized carbons (Fsp3) is 0.267. The van der Waals surface area contributed by atoms with Crippen molar-refractivity contribution in [2.24, 2.45) is 7.05 Å². The Morgan fingerprint density at radius 3 is 2.95 bits per heavy atom. The molecule has 0 saturated heterocycles. The number of nitriles is 1. The van der Waals surface area contributed by atoms with Crippen LogP contribution in [0.3, 0.4) is 0 Å². The van der Waals surface area contributed by atoms with Crippen LogP contribution >= 0.6 is 0 Å². The highest BCUT2D eigenvalue weighted by molar-refractivity contribution is 5.86. The van der Waals surface area contributed by atoms with Crippen LogP contribution in [0.1, 0.15) is 6.42 Å². The maximum Gasteiger partial charge on any atom is 0.437 e. The Hall–Kier alpha value is -3.01. The molecule has 22 heavy (non-hydrogen) atoms. The Bertz CT molecular complexity index is 927. The maximum absolute atomic E-state index is 11.7. The van der Waals surface area contributed by atoms with Crippen molar-refractivity contribution in [1.29, 1.82) is 5.26 Å². The van der Waals surface area contributed by atoms with Gasteiger partial charge in [-0.1, -0.05) is 0 Å². The maximum atomic E-state index is 11.7. The predicted molar refractivity (Wildman–Crippen MR) is 79.5 cm³/mol. The number of aryl methyl sites for hydroxylation is 2. The molecule has 0 saturated carbocycles. The second-order valence-electron chi connectivity index (χ2n) is 4.82. The monoisotopic (exact) mass is 298 g/mol. The Morgan fingerprint density at radius 1 is 1.41 bits per heavy atom. The first-order chi connectivity index (χ1) is 10.6. The van der Waals surface area contributed by atoms with E-state index in [0.29, 0.717) is 5.69 Å². The lowest BCUT2D eigenvalue weighted by atomic mass is 10.2. The first kappa shape index (κ1) is 13.9. The first-order valence-corrected chi connectivity index (χ1v) is 6.73. The lowest BCUT2D eigenvalue weighted by molar-refractivity contribution is 0.415. The molecule has 0 aliphatic carbocycles. The molecule has 0 fully saturated rings. The molecule has 0 aliphatic heterocycles. The molecule has 0 bridgehead atoms. The second kappa shape index (κ2) is 5.41. The molecule has 0 aliphatic rings. The fourth-order valence-corrected chi connectivity index (χ4v) is 2.37. The highest BCUT2D eigenvalue weighted by atomic mass is 16.5. The van der Waals surface area contributed by atoms with Crippen molar-refractivity contribution in [2.75, 3.05) is 7.11 Å². The number of hydrogen-bond acceptors (Lipinski definition) is 5. The lowest BCUT2D eigenvalue weighted by Crippen LogP contribution is -2.15. The van der Waals surface area contributed by atoms with Crippen LogP contribution in [0.25, 0.3) is 22.5 Å². The van der Waals surface area contributed by atoms with Crippen LogP contribution in [0.2, 0.25) is 0 Å². The number of ether oxygens (including phenoxy) is 1. The van der Waals surface area contributed by atoms with Gasteiger partial charge in [0.1, 0.15) is 11.4 Å². The Balaban J connectivity index is 2.08. The van der Waals surface area contributed by atoms with Crippen molar-refractivity contribution in [3.05, 3.63) is 34.8 Å². The Morgan fingerprint density at radius 2 is 2.23 bits per heavy atom. The molecule has 3 rings (SSSR count). The van der Waals surface area contributed by atoms with E-state index in [1.54, 1.807) is 7.11 Å². The van der Waals surface area contributed by atoms with Gasteiger partial charge in [0.15, 0.2) is 0 Å². The van der Waals surface area contributed by atoms with E-state index in [9.17, 15) is 4.79 Å². The molecular formula is C15H14N4O3. The van der Waals surface area contributed by atoms with Crippen LogP contribution in [0.4, 0.5) is 0 Å². The van der Waals surface area contributed by atoms with Gasteiger partial charge in [-0.15, -0.1) is 5.10 Å². The SMILES string of the molecule is COc1ccc2c(c1)cc(-c1nn(CCC#N)c(=O)o1)n2C. The molecule has 7 heteroatoms. The zero-order valence-electron chi connectivity index (χ0n) is 12.2. The molecule has 3 aromatic rings. The highest BCUT2D eigenvalue weighted by Crippen LogP contribution is 2.28. The summed E-state index contributed by atoms with van der Waals surface area (Å²) in [5.41, 5.74) is 1.67. The van der Waals surface area contributed by atoms with Gasteiger partial charge in [-0.05, 0) is 24.3 Å². The normalized spacial score (nSPS) is 10.8. The summed E-state index contributed by atoms with van der Waals surface area (Å²) in [7, 11) is 3.49. The summed E-state index contributed by atoms with van der Waals surface area (Å²) in [4.78, 5) is 11.7. The summed E-state index contributed by atoms with van der Waals surface area (Å²) in [6.45, 7) is 0.219. The number of hydrogen-bond donors (Lipinski definition) is 0. The van der Waals surface area contributed by atoms with Gasteiger partial charge in [-0.2, -0.15) is 9.94 Å². The van der Waals surface area contributed by atoms with Crippen LogP contribution in [0, 0.1) is 11.3 Å². The second-order valence-corrected chi connectivity index (χ2v) is 4.82. The van der Waals surface area contributed by atoms with Gasteiger partial charge < -0.3 is 13.7 Å². The van der Waals surface area contributed by atoms with Crippen molar-refractivity contribution >= 4 is 10.9 Å². The first-order valence-electron chi connectivity index (χ1n) is 6.73. The van der Waals surface area contributed by atoms with Crippen molar-refractivity contribution in [3.63, 3.8) is 0 Å². The van der Waals surface area contributed by atoms with E-state index in [1.807, 2.05) is 41.9 Å². The fourth-order valence-electron chi connectivity index (χ4n) is 2.37. The van der Waals surface area contributed by atoms with E-state index < -0.39 is 5.76 Å². The van der Waals surface area contributed by atoms with Gasteiger partial charge in [0.25, 0.3) is 5.89 Å². The third kappa shape index (κ3) is 2.24. The summed E-state index contributed by atoms with van der Waals surface area (Å²) in [6, 6.07) is 9.57. The van der Waals surface area contributed by atoms with Gasteiger partial charge in [-0.25, -0.2) is 4.79 Å². The van der Waals surface area contributed by atoms with Crippen LogP contribution in [0.5, 0.6) is 5.75 Å². The zero-order chi connectivity index (χ0) is 15.7. The molecule has 1 aromatic carbocycles. The topological polar surface area (TPSA) is 86.0 Å². The zero-order valence-corrected chi connectivity index (χ0v) is 12.2. The van der Waals surface area contributed by atoms with E-state index >= 15 is 0 Å². The summed E-state index contributed by atoms with van der Waals surface area (Å²) < 4.78 is 13.5. The highest BCUT2D eigenvalue weighted by Gasteiger charge is 2.15. The third-order valence-electron chi connectivity index (χ3n) is 3.51. The smallest absolute Gasteiger partial charge is 0.437 e.